The maximum atomic E-state index is 11.6. The molecule has 0 radical (unpaired) electrons. The molecule has 0 unspecified atom stereocenters. The molecule has 0 bridgehead atoms. The second-order valence-corrected chi connectivity index (χ2v) is 3.61. The zero-order valence-electron chi connectivity index (χ0n) is 9.25. The van der Waals surface area contributed by atoms with Crippen LogP contribution in [0.1, 0.15) is 10.4 Å². The van der Waals surface area contributed by atoms with Crippen LogP contribution >= 0.6 is 0 Å². The van der Waals surface area contributed by atoms with E-state index in [4.69, 9.17) is 0 Å². The van der Waals surface area contributed by atoms with Crippen LogP contribution in [0.2, 0.25) is 0 Å². The standard InChI is InChI=1S/C12H11BO4/c1-17-12(14)10-6-2-5-9-8(10)4-3-7-11(9)13(15)16/h2-7,15-16H,1H3. The molecule has 0 heterocycles. The highest BCUT2D eigenvalue weighted by Gasteiger charge is 2.17. The van der Waals surface area contributed by atoms with Crippen molar-refractivity contribution < 1.29 is 19.6 Å². The first kappa shape index (κ1) is 11.6. The second-order valence-electron chi connectivity index (χ2n) is 3.61. The SMILES string of the molecule is COC(=O)c1cccc2c(B(O)O)cccc12. The van der Waals surface area contributed by atoms with Crippen molar-refractivity contribution >= 4 is 29.3 Å². The Morgan fingerprint density at radius 1 is 1.12 bits per heavy atom. The molecule has 0 spiro atoms. The fourth-order valence-corrected chi connectivity index (χ4v) is 1.85. The van der Waals surface area contributed by atoms with E-state index in [1.165, 1.54) is 7.11 Å². The fourth-order valence-electron chi connectivity index (χ4n) is 1.85. The lowest BCUT2D eigenvalue weighted by molar-refractivity contribution is 0.0603. The number of carbonyl (C=O) groups excluding carboxylic acids is 1. The third kappa shape index (κ3) is 2.02. The number of ether oxygens (including phenoxy) is 1. The Morgan fingerprint density at radius 3 is 2.41 bits per heavy atom. The van der Waals surface area contributed by atoms with Crippen molar-refractivity contribution in [3.8, 4) is 0 Å². The molecule has 2 aromatic carbocycles. The van der Waals surface area contributed by atoms with Gasteiger partial charge in [-0.3, -0.25) is 0 Å². The molecule has 0 atom stereocenters. The van der Waals surface area contributed by atoms with E-state index in [2.05, 4.69) is 4.74 Å². The first-order chi connectivity index (χ1) is 8.15. The summed E-state index contributed by atoms with van der Waals surface area (Å²) in [5.41, 5.74) is 0.778. The minimum Gasteiger partial charge on any atom is -0.465 e. The molecule has 0 aliphatic heterocycles. The van der Waals surface area contributed by atoms with Gasteiger partial charge in [0.25, 0.3) is 0 Å². The lowest BCUT2D eigenvalue weighted by Gasteiger charge is -2.08. The molecule has 0 aliphatic rings. The van der Waals surface area contributed by atoms with E-state index in [-0.39, 0.29) is 0 Å². The van der Waals surface area contributed by atoms with E-state index < -0.39 is 13.1 Å². The summed E-state index contributed by atoms with van der Waals surface area (Å²) in [6, 6.07) is 10.1. The first-order valence-electron chi connectivity index (χ1n) is 5.11. The van der Waals surface area contributed by atoms with Gasteiger partial charge in [-0.1, -0.05) is 30.3 Å². The molecule has 17 heavy (non-hydrogen) atoms. The largest absolute Gasteiger partial charge is 0.489 e. The zero-order valence-corrected chi connectivity index (χ0v) is 9.25. The smallest absolute Gasteiger partial charge is 0.465 e. The number of methoxy groups -OCH3 is 1. The lowest BCUT2D eigenvalue weighted by Crippen LogP contribution is -2.30. The number of rotatable bonds is 2. The maximum absolute atomic E-state index is 11.6. The molecule has 0 amide bonds. The van der Waals surface area contributed by atoms with Gasteiger partial charge in [0.15, 0.2) is 0 Å². The summed E-state index contributed by atoms with van der Waals surface area (Å²) in [5, 5.41) is 19.8. The first-order valence-corrected chi connectivity index (χ1v) is 5.11. The maximum Gasteiger partial charge on any atom is 0.489 e. The van der Waals surface area contributed by atoms with Crippen LogP contribution in [0.3, 0.4) is 0 Å². The van der Waals surface area contributed by atoms with Crippen LogP contribution in [0.15, 0.2) is 36.4 Å². The Bertz CT molecular complexity index is 565. The van der Waals surface area contributed by atoms with Gasteiger partial charge in [0.2, 0.25) is 0 Å². The Hall–Kier alpha value is -1.85. The van der Waals surface area contributed by atoms with Gasteiger partial charge >= 0.3 is 13.1 Å². The average Bonchev–Trinajstić information content (AvgIpc) is 2.36. The summed E-state index contributed by atoms with van der Waals surface area (Å²) in [6.07, 6.45) is 0. The Morgan fingerprint density at radius 2 is 1.76 bits per heavy atom. The molecule has 0 aliphatic carbocycles. The van der Waals surface area contributed by atoms with E-state index in [1.54, 1.807) is 36.4 Å². The van der Waals surface area contributed by atoms with Gasteiger partial charge in [-0.2, -0.15) is 0 Å². The summed E-state index contributed by atoms with van der Waals surface area (Å²) in [5.74, 6) is -0.444. The third-order valence-electron chi connectivity index (χ3n) is 2.64. The summed E-state index contributed by atoms with van der Waals surface area (Å²) in [7, 11) is -0.252. The molecule has 86 valence electrons. The van der Waals surface area contributed by atoms with E-state index in [9.17, 15) is 14.8 Å². The van der Waals surface area contributed by atoms with Gasteiger partial charge in [0, 0.05) is 0 Å². The summed E-state index contributed by atoms with van der Waals surface area (Å²) in [6.45, 7) is 0. The minimum atomic E-state index is -1.56. The van der Waals surface area contributed by atoms with Crippen molar-refractivity contribution in [2.75, 3.05) is 7.11 Å². The predicted molar refractivity (Wildman–Crippen MR) is 65.1 cm³/mol. The normalized spacial score (nSPS) is 10.3. The Kier molecular flexibility index (Phi) is 3.13. The monoisotopic (exact) mass is 230 g/mol. The highest BCUT2D eigenvalue weighted by atomic mass is 16.5. The van der Waals surface area contributed by atoms with E-state index in [0.717, 1.165) is 0 Å². The molecule has 0 saturated heterocycles. The lowest BCUT2D eigenvalue weighted by atomic mass is 9.77. The molecule has 2 rings (SSSR count). The second kappa shape index (κ2) is 4.57. The van der Waals surface area contributed by atoms with Crippen molar-refractivity contribution in [1.29, 1.82) is 0 Å². The molecular weight excluding hydrogens is 219 g/mol. The van der Waals surface area contributed by atoms with Gasteiger partial charge in [0.1, 0.15) is 0 Å². The molecule has 0 saturated carbocycles. The quantitative estimate of drug-likeness (QED) is 0.575. The Balaban J connectivity index is 2.74. The zero-order chi connectivity index (χ0) is 12.4. The van der Waals surface area contributed by atoms with Crippen LogP contribution in [0.4, 0.5) is 0 Å². The number of hydrogen-bond acceptors (Lipinski definition) is 4. The van der Waals surface area contributed by atoms with Gasteiger partial charge in [-0.05, 0) is 22.3 Å². The predicted octanol–water partition coefficient (Wildman–Crippen LogP) is 0.306. The summed E-state index contributed by atoms with van der Waals surface area (Å²) >= 11 is 0. The summed E-state index contributed by atoms with van der Waals surface area (Å²) in [4.78, 5) is 11.6. The molecular formula is C12H11BO4. The topological polar surface area (TPSA) is 66.8 Å². The number of fused-ring (bicyclic) bond motifs is 1. The summed E-state index contributed by atoms with van der Waals surface area (Å²) < 4.78 is 4.68. The van der Waals surface area contributed by atoms with Gasteiger partial charge in [0.05, 0.1) is 12.7 Å². The molecule has 5 heteroatoms. The molecule has 2 N–H and O–H groups in total. The van der Waals surface area contributed by atoms with Crippen LogP contribution in [-0.2, 0) is 4.74 Å². The van der Waals surface area contributed by atoms with Crippen molar-refractivity contribution in [1.82, 2.24) is 0 Å². The number of esters is 1. The molecule has 0 fully saturated rings. The van der Waals surface area contributed by atoms with Gasteiger partial charge in [-0.25, -0.2) is 4.79 Å². The number of benzene rings is 2. The van der Waals surface area contributed by atoms with E-state index in [0.29, 0.717) is 21.8 Å². The van der Waals surface area contributed by atoms with E-state index in [1.807, 2.05) is 0 Å². The van der Waals surface area contributed by atoms with Crippen LogP contribution < -0.4 is 5.46 Å². The number of hydrogen-bond donors (Lipinski definition) is 2. The van der Waals surface area contributed by atoms with Crippen molar-refractivity contribution in [3.05, 3.63) is 42.0 Å². The highest BCUT2D eigenvalue weighted by molar-refractivity contribution is 6.62. The van der Waals surface area contributed by atoms with Crippen LogP contribution in [-0.4, -0.2) is 30.2 Å². The van der Waals surface area contributed by atoms with Crippen LogP contribution in [0.5, 0.6) is 0 Å². The number of carbonyl (C=O) groups is 1. The molecule has 0 aromatic heterocycles. The van der Waals surface area contributed by atoms with Gasteiger partial charge in [-0.15, -0.1) is 0 Å². The van der Waals surface area contributed by atoms with Crippen molar-refractivity contribution in [3.63, 3.8) is 0 Å². The fraction of sp³-hybridized carbons (Fsp3) is 0.0833. The highest BCUT2D eigenvalue weighted by Crippen LogP contribution is 2.18. The van der Waals surface area contributed by atoms with E-state index >= 15 is 0 Å². The van der Waals surface area contributed by atoms with Crippen LogP contribution in [0.25, 0.3) is 10.8 Å². The van der Waals surface area contributed by atoms with Gasteiger partial charge < -0.3 is 14.8 Å². The van der Waals surface area contributed by atoms with Crippen molar-refractivity contribution in [2.45, 2.75) is 0 Å². The van der Waals surface area contributed by atoms with Crippen molar-refractivity contribution in [2.24, 2.45) is 0 Å². The Labute approximate surface area is 98.6 Å². The van der Waals surface area contributed by atoms with Crippen LogP contribution in [0, 0.1) is 0 Å². The third-order valence-corrected chi connectivity index (χ3v) is 2.64. The molecule has 4 nitrogen and oxygen atoms in total. The minimum absolute atomic E-state index is 0.369. The average molecular weight is 230 g/mol. The molecule has 2 aromatic rings.